The fourth-order valence-corrected chi connectivity index (χ4v) is 8.34. The first-order valence-corrected chi connectivity index (χ1v) is 17.8. The number of rotatable bonds is 3. The van der Waals surface area contributed by atoms with Crippen LogP contribution in [0.25, 0.3) is 111 Å². The van der Waals surface area contributed by atoms with Gasteiger partial charge < -0.3 is 4.42 Å². The number of furan rings is 1. The van der Waals surface area contributed by atoms with Gasteiger partial charge in [0.05, 0.1) is 27.8 Å². The Morgan fingerprint density at radius 2 is 1.08 bits per heavy atom. The Hall–Kier alpha value is -7.31. The molecule has 5 heterocycles. The van der Waals surface area contributed by atoms with E-state index in [1.807, 2.05) is 24.3 Å². The van der Waals surface area contributed by atoms with E-state index in [1.165, 1.54) is 0 Å². The summed E-state index contributed by atoms with van der Waals surface area (Å²) >= 11 is 0. The number of nitrogens with zero attached hydrogens (tertiary/aromatic N) is 5. The van der Waals surface area contributed by atoms with Crippen LogP contribution in [0, 0.1) is 0 Å². The summed E-state index contributed by atoms with van der Waals surface area (Å²) in [5.74, 6) is 0.607. The van der Waals surface area contributed by atoms with Gasteiger partial charge in [0.15, 0.2) is 0 Å². The molecule has 5 aromatic heterocycles. The molecule has 0 aliphatic rings. The molecule has 0 bridgehead atoms. The fourth-order valence-electron chi connectivity index (χ4n) is 8.34. The highest BCUT2D eigenvalue weighted by molar-refractivity contribution is 6.24. The van der Waals surface area contributed by atoms with Gasteiger partial charge in [-0.05, 0) is 65.0 Å². The maximum atomic E-state index is 6.19. The number of pyridine rings is 1. The van der Waals surface area contributed by atoms with E-state index in [0.29, 0.717) is 5.95 Å². The average Bonchev–Trinajstić information content (AvgIpc) is 3.90. The summed E-state index contributed by atoms with van der Waals surface area (Å²) in [6.07, 6.45) is 0. The van der Waals surface area contributed by atoms with Crippen molar-refractivity contribution in [2.45, 2.75) is 0 Å². The second-order valence-corrected chi connectivity index (χ2v) is 13.6. The molecule has 0 unspecified atom stereocenters. The Morgan fingerprint density at radius 1 is 0.415 bits per heavy atom. The van der Waals surface area contributed by atoms with Crippen molar-refractivity contribution in [2.75, 3.05) is 0 Å². The highest BCUT2D eigenvalue weighted by Gasteiger charge is 2.24. The molecule has 0 radical (unpaired) electrons. The lowest BCUT2D eigenvalue weighted by Crippen LogP contribution is -2.06. The molecule has 53 heavy (non-hydrogen) atoms. The highest BCUT2D eigenvalue weighted by Crippen LogP contribution is 2.42. The maximum absolute atomic E-state index is 6.19. The lowest BCUT2D eigenvalue weighted by atomic mass is 9.99. The maximum Gasteiger partial charge on any atom is 0.236 e. The van der Waals surface area contributed by atoms with Crippen molar-refractivity contribution in [1.82, 2.24) is 23.9 Å². The lowest BCUT2D eigenvalue weighted by Gasteiger charge is -2.13. The van der Waals surface area contributed by atoms with Crippen LogP contribution in [-0.4, -0.2) is 23.9 Å². The second-order valence-electron chi connectivity index (χ2n) is 13.6. The van der Waals surface area contributed by atoms with Gasteiger partial charge in [-0.3, -0.25) is 8.97 Å². The van der Waals surface area contributed by atoms with E-state index in [2.05, 4.69) is 148 Å². The molecule has 0 fully saturated rings. The molecule has 0 saturated heterocycles. The van der Waals surface area contributed by atoms with Gasteiger partial charge in [-0.1, -0.05) is 115 Å². The third-order valence-corrected chi connectivity index (χ3v) is 10.7. The first kappa shape index (κ1) is 28.4. The zero-order chi connectivity index (χ0) is 34.6. The molecule has 6 nitrogen and oxygen atoms in total. The Balaban J connectivity index is 1.25. The minimum absolute atomic E-state index is 0.607. The topological polar surface area (TPSA) is 61.2 Å². The van der Waals surface area contributed by atoms with Gasteiger partial charge in [-0.2, -0.15) is 0 Å². The van der Waals surface area contributed by atoms with Crippen LogP contribution < -0.4 is 0 Å². The number of para-hydroxylation sites is 4. The van der Waals surface area contributed by atoms with Crippen molar-refractivity contribution in [3.63, 3.8) is 0 Å². The molecule has 0 spiro atoms. The number of benzene rings is 7. The van der Waals surface area contributed by atoms with Gasteiger partial charge in [0.1, 0.15) is 22.5 Å². The van der Waals surface area contributed by atoms with E-state index in [1.54, 1.807) is 0 Å². The summed E-state index contributed by atoms with van der Waals surface area (Å²) in [6.45, 7) is 0. The van der Waals surface area contributed by atoms with Crippen molar-refractivity contribution in [1.29, 1.82) is 0 Å². The Bertz CT molecular complexity index is 3460. The molecule has 0 atom stereocenters. The quantitative estimate of drug-likeness (QED) is 0.187. The standard InChI is InChI=1S/C47H27N5O/c1-2-12-28(13-3-1)44-34-17-6-8-18-37(34)49-47(50-44)52-39-24-22-29(30-23-25-42-35(26-30)31-14-7-11-21-41(31)53-42)27-36(39)43-32-15-4-5-16-33(32)45-48-38-19-9-10-20-40(38)51(45)46(43)52/h1-27H. The Morgan fingerprint density at radius 3 is 1.94 bits per heavy atom. The van der Waals surface area contributed by atoms with Crippen LogP contribution in [0.5, 0.6) is 0 Å². The van der Waals surface area contributed by atoms with Crippen LogP contribution in [0.2, 0.25) is 0 Å². The number of imidazole rings is 1. The molecule has 246 valence electrons. The molecule has 0 N–H and O–H groups in total. The Labute approximate surface area is 301 Å². The minimum Gasteiger partial charge on any atom is -0.456 e. The molecule has 6 heteroatoms. The second kappa shape index (κ2) is 10.6. The van der Waals surface area contributed by atoms with Gasteiger partial charge >= 0.3 is 0 Å². The zero-order valence-electron chi connectivity index (χ0n) is 28.2. The number of hydrogen-bond acceptors (Lipinski definition) is 4. The van der Waals surface area contributed by atoms with Crippen LogP contribution in [0.15, 0.2) is 168 Å². The summed E-state index contributed by atoms with van der Waals surface area (Å²) < 4.78 is 10.7. The molecule has 0 saturated carbocycles. The van der Waals surface area contributed by atoms with Crippen LogP contribution >= 0.6 is 0 Å². The van der Waals surface area contributed by atoms with Crippen LogP contribution in [0.3, 0.4) is 0 Å². The predicted molar refractivity (Wildman–Crippen MR) is 216 cm³/mol. The monoisotopic (exact) mass is 677 g/mol. The van der Waals surface area contributed by atoms with Crippen LogP contribution in [0.1, 0.15) is 0 Å². The molecule has 12 aromatic rings. The number of aromatic nitrogens is 5. The van der Waals surface area contributed by atoms with Crippen LogP contribution in [-0.2, 0) is 0 Å². The number of fused-ring (bicyclic) bond motifs is 14. The van der Waals surface area contributed by atoms with Crippen molar-refractivity contribution in [3.05, 3.63) is 164 Å². The smallest absolute Gasteiger partial charge is 0.236 e. The van der Waals surface area contributed by atoms with Gasteiger partial charge in [0.25, 0.3) is 0 Å². The molecule has 0 aliphatic heterocycles. The summed E-state index contributed by atoms with van der Waals surface area (Å²) in [5.41, 5.74) is 11.7. The predicted octanol–water partition coefficient (Wildman–Crippen LogP) is 11.9. The van der Waals surface area contributed by atoms with E-state index in [0.717, 1.165) is 105 Å². The number of hydrogen-bond donors (Lipinski definition) is 0. The summed E-state index contributed by atoms with van der Waals surface area (Å²) in [4.78, 5) is 15.9. The minimum atomic E-state index is 0.607. The first-order chi connectivity index (χ1) is 26.3. The first-order valence-electron chi connectivity index (χ1n) is 17.8. The van der Waals surface area contributed by atoms with Crippen molar-refractivity contribution in [2.24, 2.45) is 0 Å². The highest BCUT2D eigenvalue weighted by atomic mass is 16.3. The van der Waals surface area contributed by atoms with Crippen LogP contribution in [0.4, 0.5) is 0 Å². The van der Waals surface area contributed by atoms with Gasteiger partial charge in [0, 0.05) is 37.9 Å². The molecule has 0 amide bonds. The zero-order valence-corrected chi connectivity index (χ0v) is 28.2. The van der Waals surface area contributed by atoms with Gasteiger partial charge in [-0.25, -0.2) is 15.0 Å². The largest absolute Gasteiger partial charge is 0.456 e. The summed E-state index contributed by atoms with van der Waals surface area (Å²) in [7, 11) is 0. The molecule has 0 aliphatic carbocycles. The van der Waals surface area contributed by atoms with Gasteiger partial charge in [0.2, 0.25) is 5.95 Å². The van der Waals surface area contributed by atoms with E-state index >= 15 is 0 Å². The summed E-state index contributed by atoms with van der Waals surface area (Å²) in [6, 6.07) is 57.1. The third kappa shape index (κ3) is 4.00. The third-order valence-electron chi connectivity index (χ3n) is 10.7. The van der Waals surface area contributed by atoms with Crippen molar-refractivity contribution >= 4 is 82.2 Å². The lowest BCUT2D eigenvalue weighted by molar-refractivity contribution is 0.669. The Kier molecular flexibility index (Phi) is 5.68. The van der Waals surface area contributed by atoms with Crippen molar-refractivity contribution < 1.29 is 4.42 Å². The average molecular weight is 678 g/mol. The van der Waals surface area contributed by atoms with E-state index in [-0.39, 0.29) is 0 Å². The van der Waals surface area contributed by atoms with E-state index in [9.17, 15) is 0 Å². The fraction of sp³-hybridized carbons (Fsp3) is 0. The van der Waals surface area contributed by atoms with Crippen molar-refractivity contribution in [3.8, 4) is 28.3 Å². The van der Waals surface area contributed by atoms with Gasteiger partial charge in [-0.15, -0.1) is 0 Å². The molecule has 7 aromatic carbocycles. The van der Waals surface area contributed by atoms with E-state index < -0.39 is 0 Å². The molecule has 12 rings (SSSR count). The molecular formula is C47H27N5O. The SMILES string of the molecule is c1ccc(-c2nc(-n3c4ccc(-c5ccc6oc7ccccc7c6c5)cc4c4c5ccccc5c5nc6ccccc6n5c43)nc3ccccc23)cc1. The summed E-state index contributed by atoms with van der Waals surface area (Å²) in [5, 5.41) is 7.70. The normalized spacial score (nSPS) is 12.2. The van der Waals surface area contributed by atoms with E-state index in [4.69, 9.17) is 19.4 Å². The molecular weight excluding hydrogens is 651 g/mol.